The molecule has 0 N–H and O–H groups in total. The zero-order valence-electron chi connectivity index (χ0n) is 17.8. The van der Waals surface area contributed by atoms with E-state index in [0.29, 0.717) is 0 Å². The third-order valence-electron chi connectivity index (χ3n) is 7.27. The van der Waals surface area contributed by atoms with Gasteiger partial charge >= 0.3 is 0 Å². The van der Waals surface area contributed by atoms with Gasteiger partial charge in [-0.3, -0.25) is 0 Å². The number of fused-ring (bicyclic) bond motifs is 7. The number of aromatic nitrogens is 1. The fourth-order valence-corrected chi connectivity index (χ4v) is 5.98. The van der Waals surface area contributed by atoms with Gasteiger partial charge in [-0.05, 0) is 51.8 Å². The fourth-order valence-electron chi connectivity index (χ4n) is 5.98. The monoisotopic (exact) mass is 419 g/mol. The molecule has 6 aromatic rings. The van der Waals surface area contributed by atoms with Gasteiger partial charge in [-0.15, -0.1) is 0 Å². The number of hydrogen-bond donors (Lipinski definition) is 0. The maximum Gasteiger partial charge on any atom is 0.256 e. The molecule has 0 bridgehead atoms. The van der Waals surface area contributed by atoms with E-state index in [4.69, 9.17) is 4.74 Å². The van der Waals surface area contributed by atoms with Crippen LogP contribution < -0.4 is 21.1 Å². The minimum Gasteiger partial charge on any atom is -0.458 e. The van der Waals surface area contributed by atoms with Crippen molar-refractivity contribution >= 4 is 44.9 Å². The van der Waals surface area contributed by atoms with Crippen molar-refractivity contribution in [2.24, 2.45) is 0 Å². The maximum absolute atomic E-state index is 6.40. The predicted molar refractivity (Wildman–Crippen MR) is 137 cm³/mol. The Morgan fingerprint density at radius 1 is 0.606 bits per heavy atom. The molecule has 0 saturated carbocycles. The molecule has 0 unspecified atom stereocenters. The molecule has 5 aromatic carbocycles. The Balaban J connectivity index is 1.61. The number of ether oxygens (including phenoxy) is 1. The van der Waals surface area contributed by atoms with Gasteiger partial charge in [0.15, 0.2) is 0 Å². The van der Waals surface area contributed by atoms with Crippen LogP contribution >= 0.6 is 0 Å². The molecule has 3 heteroatoms. The minimum atomic E-state index is 0.158. The summed E-state index contributed by atoms with van der Waals surface area (Å²) in [5, 5.41) is 2.62. The van der Waals surface area contributed by atoms with Gasteiger partial charge in [0.25, 0.3) is 6.71 Å². The van der Waals surface area contributed by atoms with Crippen molar-refractivity contribution in [2.45, 2.75) is 0 Å². The summed E-state index contributed by atoms with van der Waals surface area (Å²) in [6.07, 6.45) is 0. The average molecular weight is 419 g/mol. The van der Waals surface area contributed by atoms with Crippen LogP contribution in [0.25, 0.3) is 38.6 Å². The second-order valence-corrected chi connectivity index (χ2v) is 8.91. The largest absolute Gasteiger partial charge is 0.458 e. The highest BCUT2D eigenvalue weighted by Gasteiger charge is 2.40. The first-order chi connectivity index (χ1) is 16.4. The third-order valence-corrected chi connectivity index (χ3v) is 7.27. The van der Waals surface area contributed by atoms with Crippen LogP contribution in [-0.4, -0.2) is 11.3 Å². The van der Waals surface area contributed by atoms with Gasteiger partial charge in [0.1, 0.15) is 11.5 Å². The molecule has 0 amide bonds. The van der Waals surface area contributed by atoms with Crippen LogP contribution in [0, 0.1) is 0 Å². The number of benzene rings is 5. The van der Waals surface area contributed by atoms with Gasteiger partial charge in [-0.1, -0.05) is 84.9 Å². The van der Waals surface area contributed by atoms with Crippen LogP contribution in [0.3, 0.4) is 0 Å². The second-order valence-electron chi connectivity index (χ2n) is 8.91. The van der Waals surface area contributed by atoms with Crippen molar-refractivity contribution in [1.29, 1.82) is 0 Å². The summed E-state index contributed by atoms with van der Waals surface area (Å²) in [6, 6.07) is 39.1. The highest BCUT2D eigenvalue weighted by Crippen LogP contribution is 2.40. The first-order valence-corrected chi connectivity index (χ1v) is 11.4. The van der Waals surface area contributed by atoms with E-state index < -0.39 is 0 Å². The van der Waals surface area contributed by atoms with E-state index in [-0.39, 0.29) is 6.71 Å². The lowest BCUT2D eigenvalue weighted by atomic mass is 9.34. The normalized spacial score (nSPS) is 13.0. The highest BCUT2D eigenvalue weighted by atomic mass is 16.5. The zero-order chi connectivity index (χ0) is 21.5. The Morgan fingerprint density at radius 2 is 1.39 bits per heavy atom. The first kappa shape index (κ1) is 17.3. The van der Waals surface area contributed by atoms with Crippen LogP contribution in [0.1, 0.15) is 0 Å². The summed E-state index contributed by atoms with van der Waals surface area (Å²) in [7, 11) is 0. The molecule has 0 atom stereocenters. The Hall–Kier alpha value is -4.24. The van der Waals surface area contributed by atoms with Crippen molar-refractivity contribution in [3.8, 4) is 28.3 Å². The summed E-state index contributed by atoms with van der Waals surface area (Å²) < 4.78 is 8.86. The second kappa shape index (κ2) is 6.17. The van der Waals surface area contributed by atoms with Gasteiger partial charge in [0.05, 0.1) is 5.52 Å². The van der Waals surface area contributed by atoms with Gasteiger partial charge in [-0.25, -0.2) is 0 Å². The van der Waals surface area contributed by atoms with Crippen LogP contribution in [0.2, 0.25) is 0 Å². The molecule has 0 fully saturated rings. The van der Waals surface area contributed by atoms with Crippen molar-refractivity contribution < 1.29 is 4.74 Å². The molecule has 1 aromatic heterocycles. The van der Waals surface area contributed by atoms with E-state index in [1.165, 1.54) is 55.0 Å². The van der Waals surface area contributed by atoms with E-state index >= 15 is 0 Å². The van der Waals surface area contributed by atoms with Gasteiger partial charge < -0.3 is 9.30 Å². The molecule has 0 spiro atoms. The lowest BCUT2D eigenvalue weighted by molar-refractivity contribution is 0.487. The Morgan fingerprint density at radius 3 is 2.33 bits per heavy atom. The van der Waals surface area contributed by atoms with Crippen LogP contribution in [0.5, 0.6) is 11.5 Å². The zero-order valence-corrected chi connectivity index (χ0v) is 17.8. The molecule has 2 aliphatic rings. The number of rotatable bonds is 1. The smallest absolute Gasteiger partial charge is 0.256 e. The lowest BCUT2D eigenvalue weighted by Crippen LogP contribution is -2.58. The number of nitrogens with zero attached hydrogens (tertiary/aromatic N) is 1. The molecule has 0 saturated heterocycles. The van der Waals surface area contributed by atoms with Gasteiger partial charge in [0.2, 0.25) is 0 Å². The standard InChI is InChI=1S/C30H18BNO/c1-2-9-19(10-3-1)20-17-18-23-30-28(20)21-11-4-6-13-24(21)32(30)25-14-8-16-27-29(25)31(23)22-12-5-7-15-26(22)33-27/h1-18H. The molecule has 8 rings (SSSR count). The predicted octanol–water partition coefficient (Wildman–Crippen LogP) is 5.39. The molecule has 2 nitrogen and oxygen atoms in total. The first-order valence-electron chi connectivity index (χ1n) is 11.4. The van der Waals surface area contributed by atoms with E-state index in [2.05, 4.69) is 114 Å². The Bertz CT molecular complexity index is 1750. The number of para-hydroxylation sites is 2. The Labute approximate surface area is 191 Å². The van der Waals surface area contributed by atoms with E-state index in [1.807, 2.05) is 0 Å². The SMILES string of the molecule is c1ccc(-c2ccc3c4c2c2ccccc2n4-c2cccc4c2B3c2ccccc2O4)cc1. The summed E-state index contributed by atoms with van der Waals surface area (Å²) in [6.45, 7) is 0.158. The van der Waals surface area contributed by atoms with Crippen molar-refractivity contribution in [2.75, 3.05) is 0 Å². The summed E-state index contributed by atoms with van der Waals surface area (Å²) in [4.78, 5) is 0. The molecule has 33 heavy (non-hydrogen) atoms. The van der Waals surface area contributed by atoms with Gasteiger partial charge in [-0.2, -0.15) is 0 Å². The van der Waals surface area contributed by atoms with Gasteiger partial charge in [0, 0.05) is 22.0 Å². The minimum absolute atomic E-state index is 0.158. The maximum atomic E-state index is 6.40. The van der Waals surface area contributed by atoms with Crippen molar-refractivity contribution in [1.82, 2.24) is 4.57 Å². The number of hydrogen-bond acceptors (Lipinski definition) is 1. The summed E-state index contributed by atoms with van der Waals surface area (Å²) in [5.41, 5.74) is 10.1. The van der Waals surface area contributed by atoms with Crippen LogP contribution in [0.15, 0.2) is 109 Å². The van der Waals surface area contributed by atoms with E-state index in [1.54, 1.807) is 0 Å². The van der Waals surface area contributed by atoms with Crippen LogP contribution in [-0.2, 0) is 0 Å². The molecule has 152 valence electrons. The Kier molecular flexibility index (Phi) is 3.24. The molecular weight excluding hydrogens is 401 g/mol. The van der Waals surface area contributed by atoms with Crippen molar-refractivity contribution in [3.63, 3.8) is 0 Å². The summed E-state index contributed by atoms with van der Waals surface area (Å²) in [5.74, 6) is 1.91. The van der Waals surface area contributed by atoms with Crippen LogP contribution in [0.4, 0.5) is 0 Å². The molecule has 2 aliphatic heterocycles. The topological polar surface area (TPSA) is 14.2 Å². The highest BCUT2D eigenvalue weighted by molar-refractivity contribution is 6.99. The molecular formula is C30H18BNO. The summed E-state index contributed by atoms with van der Waals surface area (Å²) >= 11 is 0. The molecule has 0 radical (unpaired) electrons. The fraction of sp³-hybridized carbons (Fsp3) is 0. The average Bonchev–Trinajstić information content (AvgIpc) is 3.23. The molecule has 3 heterocycles. The quantitative estimate of drug-likeness (QED) is 0.326. The third kappa shape index (κ3) is 2.14. The van der Waals surface area contributed by atoms with E-state index in [9.17, 15) is 0 Å². The lowest BCUT2D eigenvalue weighted by Gasteiger charge is -2.33. The van der Waals surface area contributed by atoms with E-state index in [0.717, 1.165) is 11.5 Å². The molecule has 0 aliphatic carbocycles. The van der Waals surface area contributed by atoms with Crippen molar-refractivity contribution in [3.05, 3.63) is 109 Å².